The third kappa shape index (κ3) is 6.08. The van der Waals surface area contributed by atoms with Crippen LogP contribution in [0.25, 0.3) is 17.2 Å². The highest BCUT2D eigenvalue weighted by Gasteiger charge is 2.21. The second kappa shape index (κ2) is 11.2. The molecule has 33 heavy (non-hydrogen) atoms. The zero-order valence-corrected chi connectivity index (χ0v) is 20.3. The number of ether oxygens (including phenoxy) is 1. The summed E-state index contributed by atoms with van der Waals surface area (Å²) in [7, 11) is 0. The second-order valence-corrected chi connectivity index (χ2v) is 9.22. The summed E-state index contributed by atoms with van der Waals surface area (Å²) >= 11 is 3.58. The zero-order valence-electron chi connectivity index (χ0n) is 18.7. The van der Waals surface area contributed by atoms with Crippen LogP contribution in [0.1, 0.15) is 48.3 Å². The van der Waals surface area contributed by atoms with Gasteiger partial charge in [-0.25, -0.2) is 0 Å². The number of hydrogen-bond donors (Lipinski definition) is 0. The minimum Gasteiger partial charge on any atom is -0.466 e. The fourth-order valence-corrected chi connectivity index (χ4v) is 4.66. The van der Waals surface area contributed by atoms with E-state index in [1.807, 2.05) is 36.6 Å². The Morgan fingerprint density at radius 3 is 2.55 bits per heavy atom. The Morgan fingerprint density at radius 1 is 1.03 bits per heavy atom. The summed E-state index contributed by atoms with van der Waals surface area (Å²) in [6.45, 7) is 4.36. The molecule has 168 valence electrons. The van der Waals surface area contributed by atoms with E-state index in [4.69, 9.17) is 4.74 Å². The van der Waals surface area contributed by atoms with Gasteiger partial charge in [0.05, 0.1) is 12.3 Å². The summed E-state index contributed by atoms with van der Waals surface area (Å²) in [6.07, 6.45) is 7.82. The van der Waals surface area contributed by atoms with E-state index < -0.39 is 0 Å². The number of benzene rings is 3. The van der Waals surface area contributed by atoms with Crippen LogP contribution >= 0.6 is 15.9 Å². The lowest BCUT2D eigenvalue weighted by molar-refractivity contribution is -0.143. The lowest BCUT2D eigenvalue weighted by Gasteiger charge is -2.11. The number of unbranched alkanes of at least 4 members (excludes halogenated alkanes) is 1. The van der Waals surface area contributed by atoms with Gasteiger partial charge in [0.1, 0.15) is 0 Å². The van der Waals surface area contributed by atoms with Gasteiger partial charge in [0.2, 0.25) is 0 Å². The van der Waals surface area contributed by atoms with Crippen LogP contribution in [0.2, 0.25) is 0 Å². The molecular formula is C29H28BrNO2. The van der Waals surface area contributed by atoms with Gasteiger partial charge in [-0.05, 0) is 60.1 Å². The molecule has 0 spiro atoms. The van der Waals surface area contributed by atoms with Gasteiger partial charge in [0, 0.05) is 28.6 Å². The van der Waals surface area contributed by atoms with Crippen molar-refractivity contribution in [1.29, 1.82) is 0 Å². The van der Waals surface area contributed by atoms with Crippen LogP contribution < -0.4 is 0 Å². The van der Waals surface area contributed by atoms with E-state index in [2.05, 4.69) is 70.0 Å². The van der Waals surface area contributed by atoms with Gasteiger partial charge in [-0.1, -0.05) is 83.2 Å². The smallest absolute Gasteiger partial charge is 0.306 e. The molecule has 3 aromatic carbocycles. The van der Waals surface area contributed by atoms with Crippen molar-refractivity contribution >= 4 is 39.9 Å². The monoisotopic (exact) mass is 501 g/mol. The minimum absolute atomic E-state index is 0.130. The van der Waals surface area contributed by atoms with Gasteiger partial charge in [0.15, 0.2) is 0 Å². The predicted molar refractivity (Wildman–Crippen MR) is 140 cm³/mol. The molecule has 0 saturated heterocycles. The normalized spacial score (nSPS) is 14.2. The number of esters is 1. The molecule has 3 nitrogen and oxygen atoms in total. The van der Waals surface area contributed by atoms with E-state index in [1.165, 1.54) is 16.7 Å². The molecule has 0 aromatic heterocycles. The number of aryl methyl sites for hydroxylation is 1. The third-order valence-electron chi connectivity index (χ3n) is 5.99. The van der Waals surface area contributed by atoms with Crippen LogP contribution in [0.5, 0.6) is 0 Å². The first-order valence-electron chi connectivity index (χ1n) is 11.4. The topological polar surface area (TPSA) is 38.7 Å². The molecule has 4 rings (SSSR count). The van der Waals surface area contributed by atoms with E-state index in [0.717, 1.165) is 40.5 Å². The Morgan fingerprint density at radius 2 is 1.79 bits per heavy atom. The van der Waals surface area contributed by atoms with Gasteiger partial charge in [-0.3, -0.25) is 9.79 Å². The summed E-state index contributed by atoms with van der Waals surface area (Å²) in [5.41, 5.74) is 6.86. The molecule has 1 aliphatic rings. The number of carbonyl (C=O) groups is 1. The van der Waals surface area contributed by atoms with E-state index in [1.54, 1.807) is 0 Å². The van der Waals surface area contributed by atoms with Crippen LogP contribution in [0, 0.1) is 0 Å². The number of rotatable bonds is 10. The number of halogens is 1. The molecule has 0 amide bonds. The molecule has 0 aliphatic carbocycles. The maximum absolute atomic E-state index is 12.1. The molecule has 1 atom stereocenters. The highest BCUT2D eigenvalue weighted by molar-refractivity contribution is 9.10. The molecule has 0 saturated carbocycles. The lowest BCUT2D eigenvalue weighted by Crippen LogP contribution is -2.07. The Labute approximate surface area is 204 Å². The lowest BCUT2D eigenvalue weighted by atomic mass is 9.94. The Bertz CT molecular complexity index is 1140. The quantitative estimate of drug-likeness (QED) is 0.209. The van der Waals surface area contributed by atoms with Crippen LogP contribution in [0.4, 0.5) is 5.69 Å². The van der Waals surface area contributed by atoms with Crippen LogP contribution in [0.15, 0.2) is 82.8 Å². The number of fused-ring (bicyclic) bond motifs is 1. The SMILES string of the molecule is C=Cc1cc(Br)cc2c1N=CC2CCCCOC(=O)CCc1ccc(-c2ccccc2)cc1. The number of aliphatic imine (C=N–C) groups is 1. The first-order valence-corrected chi connectivity index (χ1v) is 12.2. The first kappa shape index (κ1) is 23.2. The maximum Gasteiger partial charge on any atom is 0.306 e. The largest absolute Gasteiger partial charge is 0.466 e. The molecular weight excluding hydrogens is 474 g/mol. The van der Waals surface area contributed by atoms with E-state index >= 15 is 0 Å². The highest BCUT2D eigenvalue weighted by atomic mass is 79.9. The number of nitrogens with zero attached hydrogens (tertiary/aromatic N) is 1. The summed E-state index contributed by atoms with van der Waals surface area (Å²) < 4.78 is 6.50. The second-order valence-electron chi connectivity index (χ2n) is 8.30. The molecule has 1 heterocycles. The summed E-state index contributed by atoms with van der Waals surface area (Å²) in [5, 5.41) is 0. The summed E-state index contributed by atoms with van der Waals surface area (Å²) in [6, 6.07) is 22.9. The molecule has 0 bridgehead atoms. The third-order valence-corrected chi connectivity index (χ3v) is 6.45. The van der Waals surface area contributed by atoms with Crippen molar-refractivity contribution in [3.8, 4) is 11.1 Å². The molecule has 1 aliphatic heterocycles. The van der Waals surface area contributed by atoms with Gasteiger partial charge in [-0.2, -0.15) is 0 Å². The molecule has 4 heteroatoms. The molecule has 0 fully saturated rings. The van der Waals surface area contributed by atoms with Crippen LogP contribution in [-0.2, 0) is 16.0 Å². The van der Waals surface area contributed by atoms with Crippen molar-refractivity contribution in [2.24, 2.45) is 4.99 Å². The fourth-order valence-electron chi connectivity index (χ4n) is 4.17. The van der Waals surface area contributed by atoms with Crippen molar-refractivity contribution in [3.05, 3.63) is 94.5 Å². The van der Waals surface area contributed by atoms with E-state index in [-0.39, 0.29) is 5.97 Å². The Kier molecular flexibility index (Phi) is 7.90. The predicted octanol–water partition coefficient (Wildman–Crippen LogP) is 7.90. The van der Waals surface area contributed by atoms with Gasteiger partial charge < -0.3 is 4.74 Å². The van der Waals surface area contributed by atoms with Crippen molar-refractivity contribution < 1.29 is 9.53 Å². The molecule has 1 unspecified atom stereocenters. The van der Waals surface area contributed by atoms with Crippen molar-refractivity contribution in [2.75, 3.05) is 6.61 Å². The number of hydrogen-bond acceptors (Lipinski definition) is 3. The first-order chi connectivity index (χ1) is 16.1. The standard InChI is InChI=1S/C29H28BrNO2/c1-2-22-18-26(30)19-27-25(20-31-29(22)27)10-6-7-17-33-28(32)16-13-21-11-14-24(15-12-21)23-8-4-3-5-9-23/h2-5,8-9,11-12,14-15,18-20,25H,1,6-7,10,13,16-17H2. The molecule has 3 aromatic rings. The van der Waals surface area contributed by atoms with Gasteiger partial charge >= 0.3 is 5.97 Å². The number of carbonyl (C=O) groups excluding carboxylic acids is 1. The average molecular weight is 502 g/mol. The average Bonchev–Trinajstić information content (AvgIpc) is 3.25. The van der Waals surface area contributed by atoms with E-state index in [0.29, 0.717) is 25.4 Å². The zero-order chi connectivity index (χ0) is 23.0. The Balaban J connectivity index is 1.15. The van der Waals surface area contributed by atoms with Gasteiger partial charge in [-0.15, -0.1) is 0 Å². The minimum atomic E-state index is -0.130. The van der Waals surface area contributed by atoms with E-state index in [9.17, 15) is 4.79 Å². The fraction of sp³-hybridized carbons (Fsp3) is 0.241. The van der Waals surface area contributed by atoms with Crippen molar-refractivity contribution in [1.82, 2.24) is 0 Å². The summed E-state index contributed by atoms with van der Waals surface area (Å²) in [5.74, 6) is 0.181. The highest BCUT2D eigenvalue weighted by Crippen LogP contribution is 2.40. The van der Waals surface area contributed by atoms with Crippen LogP contribution in [0.3, 0.4) is 0 Å². The summed E-state index contributed by atoms with van der Waals surface area (Å²) in [4.78, 5) is 16.7. The van der Waals surface area contributed by atoms with Crippen molar-refractivity contribution in [3.63, 3.8) is 0 Å². The Hall–Kier alpha value is -2.98. The maximum atomic E-state index is 12.1. The van der Waals surface area contributed by atoms with Gasteiger partial charge in [0.25, 0.3) is 0 Å². The van der Waals surface area contributed by atoms with Crippen molar-refractivity contribution in [2.45, 2.75) is 38.0 Å². The molecule has 0 N–H and O–H groups in total. The molecule has 0 radical (unpaired) electrons. The van der Waals surface area contributed by atoms with Crippen LogP contribution in [-0.4, -0.2) is 18.8 Å².